The molecule has 0 radical (unpaired) electrons. The molecule has 2 heterocycles. The molecule has 0 bridgehead atoms. The van der Waals surface area contributed by atoms with Crippen molar-refractivity contribution in [2.75, 3.05) is 13.2 Å². The van der Waals surface area contributed by atoms with Gasteiger partial charge in [-0.1, -0.05) is 19.6 Å². The molecule has 8 heteroatoms. The Balaban J connectivity index is 2.05. The molecule has 2 aromatic rings. The van der Waals surface area contributed by atoms with Crippen LogP contribution in [0.1, 0.15) is 13.8 Å². The fraction of sp³-hybridized carbons (Fsp3) is 0.556. The second-order valence-electron chi connectivity index (χ2n) is 7.69. The number of hydrogen-bond acceptors (Lipinski definition) is 4. The van der Waals surface area contributed by atoms with E-state index in [4.69, 9.17) is 9.47 Å². The zero-order valence-electron chi connectivity index (χ0n) is 16.1. The van der Waals surface area contributed by atoms with Gasteiger partial charge in [0.2, 0.25) is 11.8 Å². The first-order valence-corrected chi connectivity index (χ1v) is 13.3. The van der Waals surface area contributed by atoms with Gasteiger partial charge >= 0.3 is 0 Å². The van der Waals surface area contributed by atoms with Gasteiger partial charge in [0.05, 0.1) is 11.0 Å². The SMILES string of the molecule is CC(=O)NC[C@@H](C)Oc1nc2c(ccn2COCC[Si](C)(C)C)cc1Br. The maximum absolute atomic E-state index is 11.0. The molecule has 0 spiro atoms. The molecule has 1 atom stereocenters. The Bertz CT molecular complexity index is 758. The van der Waals surface area contributed by atoms with Crippen LogP contribution in [0.25, 0.3) is 11.0 Å². The van der Waals surface area contributed by atoms with E-state index in [0.717, 1.165) is 28.2 Å². The van der Waals surface area contributed by atoms with Gasteiger partial charge in [-0.25, -0.2) is 0 Å². The molecule has 144 valence electrons. The van der Waals surface area contributed by atoms with Gasteiger partial charge in [0.15, 0.2) is 0 Å². The van der Waals surface area contributed by atoms with Gasteiger partial charge < -0.3 is 19.4 Å². The molecule has 1 N–H and O–H groups in total. The number of nitrogens with one attached hydrogen (secondary N) is 1. The van der Waals surface area contributed by atoms with E-state index >= 15 is 0 Å². The average Bonchev–Trinajstić information content (AvgIpc) is 2.91. The molecule has 0 unspecified atom stereocenters. The predicted molar refractivity (Wildman–Crippen MR) is 110 cm³/mol. The molecule has 0 aliphatic carbocycles. The van der Waals surface area contributed by atoms with E-state index < -0.39 is 8.07 Å². The molecule has 2 rings (SSSR count). The highest BCUT2D eigenvalue weighted by Crippen LogP contribution is 2.28. The summed E-state index contributed by atoms with van der Waals surface area (Å²) in [5.74, 6) is 0.435. The molecule has 0 saturated heterocycles. The van der Waals surface area contributed by atoms with Crippen molar-refractivity contribution in [1.82, 2.24) is 14.9 Å². The van der Waals surface area contributed by atoms with Crippen LogP contribution >= 0.6 is 15.9 Å². The van der Waals surface area contributed by atoms with Gasteiger partial charge in [0, 0.05) is 33.2 Å². The van der Waals surface area contributed by atoms with E-state index in [2.05, 4.69) is 45.9 Å². The van der Waals surface area contributed by atoms with Crippen LogP contribution < -0.4 is 10.1 Å². The van der Waals surface area contributed by atoms with Crippen LogP contribution in [-0.2, 0) is 16.3 Å². The van der Waals surface area contributed by atoms with E-state index in [9.17, 15) is 4.79 Å². The number of rotatable bonds is 9. The highest BCUT2D eigenvalue weighted by molar-refractivity contribution is 9.10. The number of aromatic nitrogens is 2. The average molecular weight is 442 g/mol. The van der Waals surface area contributed by atoms with Gasteiger partial charge in [-0.2, -0.15) is 4.98 Å². The Labute approximate surface area is 164 Å². The second kappa shape index (κ2) is 9.01. The molecular formula is C18H28BrN3O3Si. The van der Waals surface area contributed by atoms with Crippen molar-refractivity contribution in [1.29, 1.82) is 0 Å². The van der Waals surface area contributed by atoms with Crippen molar-refractivity contribution in [2.24, 2.45) is 0 Å². The summed E-state index contributed by atoms with van der Waals surface area (Å²) < 4.78 is 14.5. The lowest BCUT2D eigenvalue weighted by Crippen LogP contribution is -2.32. The molecule has 2 aromatic heterocycles. The molecule has 6 nitrogen and oxygen atoms in total. The highest BCUT2D eigenvalue weighted by Gasteiger charge is 2.14. The van der Waals surface area contributed by atoms with Crippen molar-refractivity contribution in [2.45, 2.75) is 52.4 Å². The third kappa shape index (κ3) is 6.41. The number of halogens is 1. The monoisotopic (exact) mass is 441 g/mol. The number of amides is 1. The van der Waals surface area contributed by atoms with Gasteiger partial charge in [0.25, 0.3) is 0 Å². The quantitative estimate of drug-likeness (QED) is 0.471. The molecular weight excluding hydrogens is 414 g/mol. The minimum atomic E-state index is -1.09. The van der Waals surface area contributed by atoms with Crippen LogP contribution in [-0.4, -0.2) is 42.8 Å². The van der Waals surface area contributed by atoms with E-state index in [1.165, 1.54) is 6.92 Å². The van der Waals surface area contributed by atoms with Gasteiger partial charge in [-0.3, -0.25) is 4.79 Å². The number of pyridine rings is 1. The number of fused-ring (bicyclic) bond motifs is 1. The molecule has 0 aliphatic heterocycles. The Hall–Kier alpha value is -1.38. The summed E-state index contributed by atoms with van der Waals surface area (Å²) in [5.41, 5.74) is 0.822. The summed E-state index contributed by atoms with van der Waals surface area (Å²) in [6.07, 6.45) is 1.79. The van der Waals surface area contributed by atoms with Crippen LogP contribution in [0.3, 0.4) is 0 Å². The van der Waals surface area contributed by atoms with Crippen molar-refractivity contribution >= 4 is 40.9 Å². The number of carbonyl (C=O) groups is 1. The van der Waals surface area contributed by atoms with Gasteiger partial charge in [-0.05, 0) is 41.0 Å². The highest BCUT2D eigenvalue weighted by atomic mass is 79.9. The van der Waals surface area contributed by atoms with Crippen molar-refractivity contribution in [3.63, 3.8) is 0 Å². The maximum atomic E-state index is 11.0. The van der Waals surface area contributed by atoms with E-state index in [-0.39, 0.29) is 12.0 Å². The summed E-state index contributed by atoms with van der Waals surface area (Å²) in [7, 11) is -1.09. The zero-order chi connectivity index (χ0) is 19.3. The fourth-order valence-corrected chi connectivity index (χ4v) is 3.50. The molecule has 1 amide bonds. The second-order valence-corrected chi connectivity index (χ2v) is 14.2. The lowest BCUT2D eigenvalue weighted by atomic mass is 10.3. The predicted octanol–water partition coefficient (Wildman–Crippen LogP) is 4.01. The number of ether oxygens (including phenoxy) is 2. The minimum Gasteiger partial charge on any atom is -0.472 e. The van der Waals surface area contributed by atoms with Crippen LogP contribution in [0.5, 0.6) is 5.88 Å². The summed E-state index contributed by atoms with van der Waals surface area (Å²) in [5, 5.41) is 3.77. The third-order valence-corrected chi connectivity index (χ3v) is 6.11. The van der Waals surface area contributed by atoms with Crippen LogP contribution in [0, 0.1) is 0 Å². The standard InChI is InChI=1S/C18H28BrN3O3Si/c1-13(11-20-14(2)23)25-18-16(19)10-15-6-7-22(17(15)21-18)12-24-8-9-26(3,4)5/h6-7,10,13H,8-9,11-12H2,1-5H3,(H,20,23)/t13-/m1/s1. The number of hydrogen-bond donors (Lipinski definition) is 1. The Morgan fingerprint density at radius 1 is 1.42 bits per heavy atom. The summed E-state index contributed by atoms with van der Waals surface area (Å²) >= 11 is 3.51. The van der Waals surface area contributed by atoms with E-state index in [0.29, 0.717) is 19.2 Å². The topological polar surface area (TPSA) is 65.4 Å². The zero-order valence-corrected chi connectivity index (χ0v) is 18.7. The largest absolute Gasteiger partial charge is 0.472 e. The molecule has 26 heavy (non-hydrogen) atoms. The van der Waals surface area contributed by atoms with Gasteiger partial charge in [0.1, 0.15) is 18.5 Å². The van der Waals surface area contributed by atoms with Gasteiger partial charge in [-0.15, -0.1) is 0 Å². The summed E-state index contributed by atoms with van der Waals surface area (Å²) in [4.78, 5) is 15.7. The Morgan fingerprint density at radius 2 is 2.15 bits per heavy atom. The minimum absolute atomic E-state index is 0.0766. The summed E-state index contributed by atoms with van der Waals surface area (Å²) in [6.45, 7) is 12.1. The molecule has 0 aromatic carbocycles. The first-order valence-electron chi connectivity index (χ1n) is 8.80. The van der Waals surface area contributed by atoms with Crippen molar-refractivity contribution in [3.8, 4) is 5.88 Å². The number of carbonyl (C=O) groups excluding carboxylic acids is 1. The first kappa shape index (κ1) is 20.9. The van der Waals surface area contributed by atoms with E-state index in [1.54, 1.807) is 0 Å². The lowest BCUT2D eigenvalue weighted by Gasteiger charge is -2.16. The molecule has 0 fully saturated rings. The normalized spacial score (nSPS) is 13.0. The Morgan fingerprint density at radius 3 is 2.81 bits per heavy atom. The van der Waals surface area contributed by atoms with Crippen LogP contribution in [0.2, 0.25) is 25.7 Å². The van der Waals surface area contributed by atoms with Crippen molar-refractivity contribution in [3.05, 3.63) is 22.8 Å². The lowest BCUT2D eigenvalue weighted by molar-refractivity contribution is -0.119. The summed E-state index contributed by atoms with van der Waals surface area (Å²) in [6, 6.07) is 5.14. The number of nitrogens with zero attached hydrogens (tertiary/aromatic N) is 2. The maximum Gasteiger partial charge on any atom is 0.230 e. The molecule has 0 saturated carbocycles. The van der Waals surface area contributed by atoms with Crippen LogP contribution in [0.15, 0.2) is 22.8 Å². The third-order valence-electron chi connectivity index (χ3n) is 3.84. The fourth-order valence-electron chi connectivity index (χ4n) is 2.32. The molecule has 0 aliphatic rings. The Kier molecular flexibility index (Phi) is 7.25. The van der Waals surface area contributed by atoms with Crippen molar-refractivity contribution < 1.29 is 14.3 Å². The van der Waals surface area contributed by atoms with E-state index in [1.807, 2.05) is 29.8 Å². The first-order chi connectivity index (χ1) is 12.2. The smallest absolute Gasteiger partial charge is 0.230 e. The van der Waals surface area contributed by atoms with Crippen LogP contribution in [0.4, 0.5) is 0 Å².